The number of carbonyl (C=O) groups excluding carboxylic acids is 1. The van der Waals surface area contributed by atoms with E-state index in [1.165, 1.54) is 5.56 Å². The normalized spacial score (nSPS) is 20.0. The lowest BCUT2D eigenvalue weighted by Crippen LogP contribution is -2.42. The Labute approximate surface area is 187 Å². The zero-order chi connectivity index (χ0) is 21.9. The quantitative estimate of drug-likeness (QED) is 0.657. The van der Waals surface area contributed by atoms with E-state index >= 15 is 0 Å². The van der Waals surface area contributed by atoms with Crippen molar-refractivity contribution in [1.82, 2.24) is 9.62 Å². The molecular formula is C22H33ClN2O4S. The highest BCUT2D eigenvalue weighted by Crippen LogP contribution is 2.34. The number of hydrogen-bond acceptors (Lipinski definition) is 5. The van der Waals surface area contributed by atoms with Gasteiger partial charge in [-0.1, -0.05) is 11.6 Å². The van der Waals surface area contributed by atoms with Gasteiger partial charge in [-0.2, -0.15) is 0 Å². The minimum absolute atomic E-state index is 0.0669. The zero-order valence-corrected chi connectivity index (χ0v) is 19.9. The van der Waals surface area contributed by atoms with Crippen LogP contribution in [-0.4, -0.2) is 46.2 Å². The highest BCUT2D eigenvalue weighted by atomic mass is 35.5. The number of halogens is 1. The predicted octanol–water partition coefficient (Wildman–Crippen LogP) is 3.88. The second kappa shape index (κ2) is 10.2. The molecule has 0 radical (unpaired) electrons. The van der Waals surface area contributed by atoms with Crippen LogP contribution in [0.4, 0.5) is 0 Å². The number of ether oxygens (including phenoxy) is 2. The lowest BCUT2D eigenvalue weighted by molar-refractivity contribution is -0.182. The molecule has 0 saturated carbocycles. The smallest absolute Gasteiger partial charge is 0.219 e. The lowest BCUT2D eigenvalue weighted by atomic mass is 9.89. The second-order valence-electron chi connectivity index (χ2n) is 8.98. The van der Waals surface area contributed by atoms with E-state index in [0.717, 1.165) is 30.4 Å². The van der Waals surface area contributed by atoms with Crippen LogP contribution in [0.3, 0.4) is 0 Å². The molecule has 0 spiro atoms. The Balaban J connectivity index is 1.87. The summed E-state index contributed by atoms with van der Waals surface area (Å²) in [5.74, 6) is 0.0669. The molecule has 6 nitrogen and oxygen atoms in total. The van der Waals surface area contributed by atoms with E-state index in [1.807, 2.05) is 37.8 Å². The minimum atomic E-state index is -1.24. The summed E-state index contributed by atoms with van der Waals surface area (Å²) < 4.78 is 27.3. The van der Waals surface area contributed by atoms with E-state index < -0.39 is 11.4 Å². The van der Waals surface area contributed by atoms with Crippen molar-refractivity contribution in [3.8, 4) is 0 Å². The van der Waals surface area contributed by atoms with Crippen molar-refractivity contribution < 1.29 is 18.8 Å². The van der Waals surface area contributed by atoms with E-state index in [4.69, 9.17) is 21.1 Å². The van der Waals surface area contributed by atoms with Crippen LogP contribution in [0.5, 0.6) is 0 Å². The van der Waals surface area contributed by atoms with E-state index in [0.29, 0.717) is 37.7 Å². The fourth-order valence-electron chi connectivity index (χ4n) is 3.86. The summed E-state index contributed by atoms with van der Waals surface area (Å²) in [6.07, 6.45) is 2.88. The molecule has 8 heteroatoms. The summed E-state index contributed by atoms with van der Waals surface area (Å²) in [4.78, 5) is 13.7. The SMILES string of the molecule is CC(=O)N1CCc2c(cc(Cl)cc2C(CCC2OCCCO2)N[S@@+]([O-])C(C)(C)C)C1. The average Bonchev–Trinajstić information content (AvgIpc) is 2.69. The molecule has 0 bridgehead atoms. The number of hydrogen-bond donors (Lipinski definition) is 1. The van der Waals surface area contributed by atoms with E-state index in [9.17, 15) is 9.35 Å². The molecule has 1 N–H and O–H groups in total. The van der Waals surface area contributed by atoms with Gasteiger partial charge in [-0.05, 0) is 68.9 Å². The first-order chi connectivity index (χ1) is 14.1. The third-order valence-corrected chi connectivity index (χ3v) is 7.38. The van der Waals surface area contributed by atoms with Gasteiger partial charge in [0.15, 0.2) is 6.29 Å². The van der Waals surface area contributed by atoms with Crippen molar-refractivity contribution in [1.29, 1.82) is 0 Å². The fourth-order valence-corrected chi connectivity index (χ4v) is 4.97. The van der Waals surface area contributed by atoms with Crippen molar-refractivity contribution in [2.24, 2.45) is 0 Å². The average molecular weight is 457 g/mol. The Kier molecular flexibility index (Phi) is 8.09. The highest BCUT2D eigenvalue weighted by Gasteiger charge is 2.33. The molecule has 1 amide bonds. The molecule has 1 fully saturated rings. The molecular weight excluding hydrogens is 424 g/mol. The van der Waals surface area contributed by atoms with Gasteiger partial charge in [0.05, 0.1) is 19.3 Å². The monoisotopic (exact) mass is 456 g/mol. The molecule has 2 aliphatic rings. The second-order valence-corrected chi connectivity index (χ2v) is 11.4. The molecule has 1 aromatic rings. The van der Waals surface area contributed by atoms with Crippen LogP contribution < -0.4 is 4.72 Å². The first-order valence-corrected chi connectivity index (χ1v) is 12.2. The molecule has 3 rings (SSSR count). The van der Waals surface area contributed by atoms with Crippen LogP contribution in [0.25, 0.3) is 0 Å². The van der Waals surface area contributed by atoms with Crippen molar-refractivity contribution in [2.45, 2.75) is 77.0 Å². The molecule has 168 valence electrons. The molecule has 0 aromatic heterocycles. The van der Waals surface area contributed by atoms with Crippen LogP contribution in [0, 0.1) is 0 Å². The van der Waals surface area contributed by atoms with Crippen molar-refractivity contribution in [3.05, 3.63) is 33.8 Å². The number of nitrogens with zero attached hydrogens (tertiary/aromatic N) is 1. The number of benzene rings is 1. The van der Waals surface area contributed by atoms with Gasteiger partial charge in [0, 0.05) is 42.8 Å². The van der Waals surface area contributed by atoms with Crippen molar-refractivity contribution in [3.63, 3.8) is 0 Å². The summed E-state index contributed by atoms with van der Waals surface area (Å²) in [5, 5.41) is 0.632. The van der Waals surface area contributed by atoms with Crippen LogP contribution in [0.1, 0.15) is 69.7 Å². The van der Waals surface area contributed by atoms with E-state index in [-0.39, 0.29) is 23.0 Å². The number of nitrogens with one attached hydrogen (secondary N) is 1. The topological polar surface area (TPSA) is 73.9 Å². The first kappa shape index (κ1) is 23.8. The number of rotatable bonds is 6. The van der Waals surface area contributed by atoms with E-state index in [1.54, 1.807) is 6.92 Å². The van der Waals surface area contributed by atoms with Crippen LogP contribution in [-0.2, 0) is 38.6 Å². The Morgan fingerprint density at radius 2 is 2.07 bits per heavy atom. The maximum atomic E-state index is 12.9. The van der Waals surface area contributed by atoms with Gasteiger partial charge >= 0.3 is 0 Å². The van der Waals surface area contributed by atoms with E-state index in [2.05, 4.69) is 4.72 Å². The van der Waals surface area contributed by atoms with Crippen LogP contribution in [0.2, 0.25) is 5.02 Å². The van der Waals surface area contributed by atoms with Crippen molar-refractivity contribution >= 4 is 28.9 Å². The van der Waals surface area contributed by atoms with Crippen LogP contribution >= 0.6 is 11.6 Å². The summed E-state index contributed by atoms with van der Waals surface area (Å²) in [5.41, 5.74) is 3.33. The molecule has 30 heavy (non-hydrogen) atoms. The van der Waals surface area contributed by atoms with Gasteiger partial charge in [0.25, 0.3) is 0 Å². The van der Waals surface area contributed by atoms with Gasteiger partial charge in [0.1, 0.15) is 4.75 Å². The molecule has 2 heterocycles. The fraction of sp³-hybridized carbons (Fsp3) is 0.682. The summed E-state index contributed by atoms with van der Waals surface area (Å²) in [7, 11) is 0. The summed E-state index contributed by atoms with van der Waals surface area (Å²) in [6.45, 7) is 10.1. The molecule has 1 unspecified atom stereocenters. The van der Waals surface area contributed by atoms with Gasteiger partial charge in [-0.3, -0.25) is 4.79 Å². The standard InChI is InChI=1S/C22H33ClN2O4S/c1-15(26)25-9-8-18-16(14-25)12-17(23)13-19(18)20(24-30(27)22(2,3)4)6-7-21-28-10-5-11-29-21/h12-13,20-21,24H,5-11,14H2,1-4H3/t20?,30-/m0/s1. The number of amides is 1. The maximum Gasteiger partial charge on any atom is 0.219 e. The number of fused-ring (bicyclic) bond motifs is 1. The van der Waals surface area contributed by atoms with Gasteiger partial charge in [0.2, 0.25) is 5.91 Å². The highest BCUT2D eigenvalue weighted by molar-refractivity contribution is 7.90. The number of carbonyl (C=O) groups is 1. The maximum absolute atomic E-state index is 12.9. The third-order valence-electron chi connectivity index (χ3n) is 5.55. The Bertz CT molecular complexity index is 749. The Morgan fingerprint density at radius 3 is 2.70 bits per heavy atom. The molecule has 1 aromatic carbocycles. The Morgan fingerprint density at radius 1 is 1.37 bits per heavy atom. The van der Waals surface area contributed by atoms with Gasteiger partial charge in [-0.25, -0.2) is 0 Å². The minimum Gasteiger partial charge on any atom is -0.598 e. The Hall–Kier alpha value is -0.830. The van der Waals surface area contributed by atoms with Gasteiger partial charge in [-0.15, -0.1) is 4.72 Å². The van der Waals surface area contributed by atoms with Crippen LogP contribution in [0.15, 0.2) is 12.1 Å². The van der Waals surface area contributed by atoms with Gasteiger partial charge < -0.3 is 18.9 Å². The molecule has 2 aliphatic heterocycles. The van der Waals surface area contributed by atoms with Crippen molar-refractivity contribution in [2.75, 3.05) is 19.8 Å². The molecule has 2 atom stereocenters. The lowest BCUT2D eigenvalue weighted by Gasteiger charge is -2.34. The third kappa shape index (κ3) is 6.11. The predicted molar refractivity (Wildman–Crippen MR) is 120 cm³/mol. The summed E-state index contributed by atoms with van der Waals surface area (Å²) >= 11 is 5.24. The largest absolute Gasteiger partial charge is 0.598 e. The summed E-state index contributed by atoms with van der Waals surface area (Å²) in [6, 6.07) is 3.78. The zero-order valence-electron chi connectivity index (χ0n) is 18.3. The first-order valence-electron chi connectivity index (χ1n) is 10.6. The molecule has 0 aliphatic carbocycles. The molecule has 1 saturated heterocycles.